The van der Waals surface area contributed by atoms with Gasteiger partial charge in [0.05, 0.1) is 22.6 Å². The van der Waals surface area contributed by atoms with Crippen molar-refractivity contribution in [2.45, 2.75) is 175 Å². The van der Waals surface area contributed by atoms with Gasteiger partial charge < -0.3 is 41.4 Å². The van der Waals surface area contributed by atoms with Gasteiger partial charge in [0.15, 0.2) is 5.96 Å². The van der Waals surface area contributed by atoms with Gasteiger partial charge in [-0.15, -0.1) is 0 Å². The Morgan fingerprint density at radius 1 is 0.829 bits per heavy atom. The van der Waals surface area contributed by atoms with Crippen molar-refractivity contribution in [2.24, 2.45) is 46.0 Å². The summed E-state index contributed by atoms with van der Waals surface area (Å²) < 4.78 is 55.4. The number of phenols is 1. The summed E-state index contributed by atoms with van der Waals surface area (Å²) in [5.74, 6) is 5.07. The van der Waals surface area contributed by atoms with Gasteiger partial charge in [-0.25, -0.2) is 4.99 Å². The topological polar surface area (TPSA) is 218 Å². The zero-order chi connectivity index (χ0) is 57.0. The second-order valence-electron chi connectivity index (χ2n) is 25.8. The number of phenolic OH excluding ortho intramolecular Hbond substituents is 1. The number of rotatable bonds is 10. The molecule has 13 unspecified atom stereocenters. The Kier molecular flexibility index (Phi) is 15.8. The second kappa shape index (κ2) is 22.9. The Labute approximate surface area is 484 Å². The molecule has 5 aliphatic heterocycles. The van der Waals surface area contributed by atoms with Crippen molar-refractivity contribution in [3.05, 3.63) is 177 Å². The number of nitrogens with zero attached hydrogens (tertiary/aromatic N) is 1. The first-order valence-electron chi connectivity index (χ1n) is 30.3. The molecule has 1 saturated heterocycles. The van der Waals surface area contributed by atoms with Crippen LogP contribution in [-0.4, -0.2) is 62.9 Å². The van der Waals surface area contributed by atoms with Crippen LogP contribution in [-0.2, 0) is 39.0 Å². The molecule has 12 nitrogen and oxygen atoms in total. The third kappa shape index (κ3) is 11.4. The Bertz CT molecular complexity index is 3360. The third-order valence-corrected chi connectivity index (χ3v) is 21.8. The molecular weight excluding hydrogens is 1050 g/mol. The Morgan fingerprint density at radius 3 is 2.32 bits per heavy atom. The van der Waals surface area contributed by atoms with Crippen molar-refractivity contribution in [1.29, 1.82) is 0 Å². The molecule has 5 aromatic rings. The first-order valence-corrected chi connectivity index (χ1v) is 31.8. The normalized spacial score (nSPS) is 31.6. The average molecular weight is 1130 g/mol. The molecule has 432 valence electrons. The van der Waals surface area contributed by atoms with Gasteiger partial charge in [-0.2, -0.15) is 8.42 Å². The maximum atomic E-state index is 14.5. The smallest absolute Gasteiger partial charge is 0.268 e. The molecule has 5 heterocycles. The monoisotopic (exact) mass is 1130 g/mol. The first-order chi connectivity index (χ1) is 39.5. The van der Waals surface area contributed by atoms with Crippen molar-refractivity contribution in [3.63, 3.8) is 0 Å². The van der Waals surface area contributed by atoms with Crippen LogP contribution < -0.4 is 16.2 Å². The van der Waals surface area contributed by atoms with Crippen LogP contribution in [0.25, 0.3) is 0 Å². The number of aliphatic hydroxyl groups excluding tert-OH is 1. The molecule has 13 atom stereocenters. The summed E-state index contributed by atoms with van der Waals surface area (Å²) in [4.78, 5) is 5.17. The number of aliphatic imine (C=N–C) groups is 1. The SMILES string of the molecule is CC1CCc2cc3ccc2C1CC(S(=O)(=O)O)C1C=C2CC(CC4CC(CO)CC#Cc5cc(O)ccc5C2O4)C1c1ccc(cc1)C(CC(Cc1ccccc1)C1(O)CCCC(c2ccc(C4(O)CCCCC4)cc2)C1)(N=C(N)N)O3. The predicted molar refractivity (Wildman–Crippen MR) is 318 cm³/mol. The lowest BCUT2D eigenvalue weighted by atomic mass is 9.64. The minimum atomic E-state index is -4.70. The quantitative estimate of drug-likeness (QED) is 0.0229. The van der Waals surface area contributed by atoms with Crippen LogP contribution in [0.2, 0.25) is 0 Å². The van der Waals surface area contributed by atoms with E-state index in [0.717, 1.165) is 102 Å². The molecular formula is C69H81N3O9S. The van der Waals surface area contributed by atoms with Crippen LogP contribution in [0.4, 0.5) is 0 Å². The van der Waals surface area contributed by atoms with E-state index in [4.69, 9.17) is 25.9 Å². The van der Waals surface area contributed by atoms with E-state index < -0.39 is 56.2 Å². The van der Waals surface area contributed by atoms with E-state index >= 15 is 0 Å². The number of hydrogen-bond donors (Lipinski definition) is 7. The highest BCUT2D eigenvalue weighted by Gasteiger charge is 2.51. The van der Waals surface area contributed by atoms with Crippen LogP contribution >= 0.6 is 0 Å². The van der Waals surface area contributed by atoms with Crippen LogP contribution in [0.15, 0.2) is 132 Å². The molecule has 10 bridgehead atoms. The summed E-state index contributed by atoms with van der Waals surface area (Å²) in [5, 5.41) is 45.5. The van der Waals surface area contributed by atoms with Crippen molar-refractivity contribution < 1.29 is 42.9 Å². The van der Waals surface area contributed by atoms with Gasteiger partial charge in [0.1, 0.15) is 17.6 Å². The van der Waals surface area contributed by atoms with E-state index in [-0.39, 0.29) is 66.9 Å². The molecule has 13 heteroatoms. The summed E-state index contributed by atoms with van der Waals surface area (Å²) >= 11 is 0. The molecule has 0 spiro atoms. The van der Waals surface area contributed by atoms with Crippen LogP contribution in [0.5, 0.6) is 11.5 Å². The molecule has 14 rings (SSSR count). The molecule has 5 aromatic carbocycles. The largest absolute Gasteiger partial charge is 0.508 e. The number of fused-ring (bicyclic) bond motifs is 9. The minimum Gasteiger partial charge on any atom is -0.508 e. The van der Waals surface area contributed by atoms with Gasteiger partial charge in [0, 0.05) is 42.1 Å². The summed E-state index contributed by atoms with van der Waals surface area (Å²) in [7, 11) is -4.70. The molecule has 2 saturated carbocycles. The lowest BCUT2D eigenvalue weighted by molar-refractivity contribution is -0.0834. The van der Waals surface area contributed by atoms with Crippen molar-refractivity contribution in [3.8, 4) is 23.3 Å². The Hall–Kier alpha value is -5.98. The van der Waals surface area contributed by atoms with Crippen LogP contribution in [0.3, 0.4) is 0 Å². The predicted octanol–water partition coefficient (Wildman–Crippen LogP) is 11.6. The van der Waals surface area contributed by atoms with Gasteiger partial charge in [-0.3, -0.25) is 4.55 Å². The maximum Gasteiger partial charge on any atom is 0.268 e. The van der Waals surface area contributed by atoms with Crippen LogP contribution in [0, 0.1) is 41.4 Å². The lowest BCUT2D eigenvalue weighted by Gasteiger charge is -2.46. The second-order valence-corrected chi connectivity index (χ2v) is 27.4. The highest BCUT2D eigenvalue weighted by molar-refractivity contribution is 7.86. The van der Waals surface area contributed by atoms with E-state index in [0.29, 0.717) is 61.8 Å². The van der Waals surface area contributed by atoms with Gasteiger partial charge in [0.25, 0.3) is 10.1 Å². The Morgan fingerprint density at radius 2 is 1.57 bits per heavy atom. The van der Waals surface area contributed by atoms with Crippen molar-refractivity contribution >= 4 is 16.1 Å². The number of aryl methyl sites for hydroxylation is 1. The molecule has 82 heavy (non-hydrogen) atoms. The molecule has 9 N–H and O–H groups in total. The number of aliphatic hydroxyl groups is 3. The number of benzene rings is 5. The molecule has 0 radical (unpaired) electrons. The maximum absolute atomic E-state index is 14.5. The molecule has 3 fully saturated rings. The van der Waals surface area contributed by atoms with Crippen molar-refractivity contribution in [2.75, 3.05) is 6.61 Å². The summed E-state index contributed by atoms with van der Waals surface area (Å²) in [6.07, 6.45) is 13.2. The van der Waals surface area contributed by atoms with Gasteiger partial charge >= 0.3 is 0 Å². The highest BCUT2D eigenvalue weighted by atomic mass is 32.2. The van der Waals surface area contributed by atoms with Crippen molar-refractivity contribution in [1.82, 2.24) is 0 Å². The number of aromatic hydroxyl groups is 1. The number of hydrogen-bond acceptors (Lipinski definition) is 9. The van der Waals surface area contributed by atoms with Crippen LogP contribution in [0.1, 0.15) is 184 Å². The number of guanidine groups is 1. The summed E-state index contributed by atoms with van der Waals surface area (Å²) in [6.45, 7) is 2.10. The fraction of sp³-hybridized carbons (Fsp3) is 0.493. The first kappa shape index (κ1) is 56.5. The standard InChI is InChI=1S/C69H81N3O9S/c1-43-15-16-49-36-57-26-28-59(49)61(43)39-63(82(77,78)79)62-38-52-34-51(37-58-33-45(42-73)12-8-13-48-35-56(74)25-27-60(48)65(52)80-58)64(62)47-19-23-54(24-20-47)69(81-57,72-66(70)71)41-55(32-44-10-4-2-5-11-44)68(76)31-9-14-50(40-68)46-17-21-53(22-18-46)67(75)29-6-3-7-30-67/h2,4-5,10-11,17-28,35-36,38,43,45,50-51,55,58,61-65,73-76H,3,6-7,9,12,14-16,29-34,37,39-42H2,1H3,(H4,70,71,72)(H,77,78,79). The van der Waals surface area contributed by atoms with E-state index in [1.807, 2.05) is 42.5 Å². The van der Waals surface area contributed by atoms with Gasteiger partial charge in [-0.1, -0.05) is 135 Å². The van der Waals surface area contributed by atoms with Gasteiger partial charge in [-0.05, 0) is 188 Å². The van der Waals surface area contributed by atoms with E-state index in [1.165, 1.54) is 0 Å². The fourth-order valence-corrected chi connectivity index (χ4v) is 17.4. The zero-order valence-electron chi connectivity index (χ0n) is 47.2. The van der Waals surface area contributed by atoms with E-state index in [1.54, 1.807) is 12.1 Å². The zero-order valence-corrected chi connectivity index (χ0v) is 48.0. The number of ether oxygens (including phenoxy) is 2. The summed E-state index contributed by atoms with van der Waals surface area (Å²) in [5.41, 5.74) is 18.7. The number of nitrogens with two attached hydrogens (primary N) is 2. The molecule has 9 aliphatic rings. The minimum absolute atomic E-state index is 0.0577. The van der Waals surface area contributed by atoms with Gasteiger partial charge in [0.2, 0.25) is 5.72 Å². The summed E-state index contributed by atoms with van der Waals surface area (Å²) in [6, 6.07) is 38.1. The fourth-order valence-electron chi connectivity index (χ4n) is 16.3. The highest BCUT2D eigenvalue weighted by Crippen LogP contribution is 2.56. The van der Waals surface area contributed by atoms with E-state index in [2.05, 4.69) is 85.5 Å². The molecule has 4 aliphatic carbocycles. The lowest BCUT2D eigenvalue weighted by Crippen LogP contribution is -2.48. The van der Waals surface area contributed by atoms with E-state index in [9.17, 15) is 33.4 Å². The molecule has 0 amide bonds. The number of allylic oxidation sites excluding steroid dienone is 1. The average Bonchev–Trinajstić information content (AvgIpc) is 3.77. The third-order valence-electron chi connectivity index (χ3n) is 20.5. The Balaban J connectivity index is 0.996. The molecule has 0 aromatic heterocycles.